The minimum absolute atomic E-state index is 0.204. The van der Waals surface area contributed by atoms with E-state index >= 15 is 0 Å². The van der Waals surface area contributed by atoms with E-state index in [1.165, 1.54) is 5.57 Å². The largest absolute Gasteiger partial charge is 0.481 e. The van der Waals surface area contributed by atoms with Crippen LogP contribution in [0.5, 0.6) is 0 Å². The predicted octanol–water partition coefficient (Wildman–Crippen LogP) is 2.41. The molecule has 0 unspecified atom stereocenters. The van der Waals surface area contributed by atoms with Crippen molar-refractivity contribution in [3.63, 3.8) is 0 Å². The number of allylic oxidation sites excluding steroid dienone is 2. The second-order valence-corrected chi connectivity index (χ2v) is 4.49. The molecule has 1 aliphatic rings. The lowest BCUT2D eigenvalue weighted by Gasteiger charge is -2.27. The molecule has 3 heteroatoms. The molecule has 0 atom stereocenters. The molecule has 3 nitrogen and oxygen atoms in total. The van der Waals surface area contributed by atoms with Gasteiger partial charge in [-0.15, -0.1) is 0 Å². The predicted molar refractivity (Wildman–Crippen MR) is 55.1 cm³/mol. The number of hydrogen-bond acceptors (Lipinski definition) is 2. The van der Waals surface area contributed by atoms with E-state index in [0.717, 1.165) is 13.3 Å². The molecule has 1 rings (SSSR count). The van der Waals surface area contributed by atoms with Crippen molar-refractivity contribution in [2.45, 2.75) is 40.5 Å². The maximum atomic E-state index is 11.0. The lowest BCUT2D eigenvalue weighted by molar-refractivity contribution is -0.134. The summed E-state index contributed by atoms with van der Waals surface area (Å²) in [6.45, 7) is 7.39. The van der Waals surface area contributed by atoms with Gasteiger partial charge in [0.15, 0.2) is 5.78 Å². The number of carbonyl (C=O) groups excluding carboxylic acids is 1. The highest BCUT2D eigenvalue weighted by atomic mass is 16.4. The van der Waals surface area contributed by atoms with Crippen LogP contribution in [-0.4, -0.2) is 16.9 Å². The van der Waals surface area contributed by atoms with Crippen molar-refractivity contribution in [2.24, 2.45) is 5.41 Å². The summed E-state index contributed by atoms with van der Waals surface area (Å²) in [4.78, 5) is 20.0. The Hall–Kier alpha value is -1.12. The molecular formula is C11H18O3. The lowest BCUT2D eigenvalue weighted by atomic mass is 9.77. The summed E-state index contributed by atoms with van der Waals surface area (Å²) >= 11 is 0. The van der Waals surface area contributed by atoms with Crippen molar-refractivity contribution in [1.82, 2.24) is 0 Å². The molecule has 0 spiro atoms. The van der Waals surface area contributed by atoms with Crippen molar-refractivity contribution in [1.29, 1.82) is 0 Å². The molecule has 0 heterocycles. The van der Waals surface area contributed by atoms with E-state index in [1.54, 1.807) is 6.08 Å². The fourth-order valence-electron chi connectivity index (χ4n) is 1.67. The highest BCUT2D eigenvalue weighted by molar-refractivity contribution is 5.91. The summed E-state index contributed by atoms with van der Waals surface area (Å²) in [5, 5.41) is 7.42. The molecular weight excluding hydrogens is 180 g/mol. The van der Waals surface area contributed by atoms with Crippen LogP contribution in [-0.2, 0) is 9.59 Å². The Balaban J connectivity index is 0.000000364. The fourth-order valence-corrected chi connectivity index (χ4v) is 1.67. The van der Waals surface area contributed by atoms with Crippen LogP contribution in [0.15, 0.2) is 11.6 Å². The number of carboxylic acid groups (broad SMARTS) is 1. The Morgan fingerprint density at radius 2 is 1.86 bits per heavy atom. The standard InChI is InChI=1S/C9H14O.C2H4O2/c1-7-4-8(10)6-9(2,3)5-7;1-2(3)4/h4H,5-6H2,1-3H3;1H3,(H,3,4). The second kappa shape index (κ2) is 4.94. The third kappa shape index (κ3) is 6.40. The Labute approximate surface area is 84.8 Å². The van der Waals surface area contributed by atoms with E-state index in [-0.39, 0.29) is 11.2 Å². The molecule has 80 valence electrons. The Morgan fingerprint density at radius 3 is 2.14 bits per heavy atom. The molecule has 0 saturated heterocycles. The third-order valence-electron chi connectivity index (χ3n) is 1.82. The summed E-state index contributed by atoms with van der Waals surface area (Å²) in [6, 6.07) is 0. The van der Waals surface area contributed by atoms with E-state index in [4.69, 9.17) is 9.90 Å². The molecule has 0 fully saturated rings. The highest BCUT2D eigenvalue weighted by Gasteiger charge is 2.25. The number of carboxylic acids is 1. The smallest absolute Gasteiger partial charge is 0.300 e. The van der Waals surface area contributed by atoms with Crippen molar-refractivity contribution in [3.8, 4) is 0 Å². The molecule has 14 heavy (non-hydrogen) atoms. The lowest BCUT2D eigenvalue weighted by Crippen LogP contribution is -2.20. The van der Waals surface area contributed by atoms with Gasteiger partial charge < -0.3 is 5.11 Å². The van der Waals surface area contributed by atoms with Gasteiger partial charge in [-0.05, 0) is 24.8 Å². The first-order valence-corrected chi connectivity index (χ1v) is 4.62. The third-order valence-corrected chi connectivity index (χ3v) is 1.82. The Kier molecular flexibility index (Phi) is 4.54. The number of hydrogen-bond donors (Lipinski definition) is 1. The zero-order valence-electron chi connectivity index (χ0n) is 9.26. The van der Waals surface area contributed by atoms with Gasteiger partial charge in [0.2, 0.25) is 0 Å². The second-order valence-electron chi connectivity index (χ2n) is 4.49. The normalized spacial score (nSPS) is 19.1. The molecule has 0 aromatic carbocycles. The minimum atomic E-state index is -0.833. The first-order chi connectivity index (χ1) is 6.23. The van der Waals surface area contributed by atoms with Crippen LogP contribution < -0.4 is 0 Å². The molecule has 0 radical (unpaired) electrons. The Bertz CT molecular complexity index is 258. The average molecular weight is 198 g/mol. The van der Waals surface area contributed by atoms with Gasteiger partial charge >= 0.3 is 0 Å². The summed E-state index contributed by atoms with van der Waals surface area (Å²) in [7, 11) is 0. The summed E-state index contributed by atoms with van der Waals surface area (Å²) < 4.78 is 0. The van der Waals surface area contributed by atoms with Gasteiger partial charge in [0, 0.05) is 13.3 Å². The summed E-state index contributed by atoms with van der Waals surface area (Å²) in [5.41, 5.74) is 1.43. The average Bonchev–Trinajstić information content (AvgIpc) is 1.76. The highest BCUT2D eigenvalue weighted by Crippen LogP contribution is 2.32. The zero-order chi connectivity index (χ0) is 11.4. The SMILES string of the molecule is CC(=O)O.CC1=CC(=O)CC(C)(C)C1. The molecule has 1 aliphatic carbocycles. The van der Waals surface area contributed by atoms with Gasteiger partial charge in [-0.2, -0.15) is 0 Å². The van der Waals surface area contributed by atoms with Crippen molar-refractivity contribution in [3.05, 3.63) is 11.6 Å². The molecule has 0 bridgehead atoms. The summed E-state index contributed by atoms with van der Waals surface area (Å²) in [6.07, 6.45) is 3.55. The molecule has 1 N–H and O–H groups in total. The first-order valence-electron chi connectivity index (χ1n) is 4.62. The van der Waals surface area contributed by atoms with Gasteiger partial charge in [-0.3, -0.25) is 9.59 Å². The number of carbonyl (C=O) groups is 2. The van der Waals surface area contributed by atoms with Crippen LogP contribution in [0, 0.1) is 5.41 Å². The maximum absolute atomic E-state index is 11.0. The van der Waals surface area contributed by atoms with Crippen LogP contribution in [0.25, 0.3) is 0 Å². The zero-order valence-corrected chi connectivity index (χ0v) is 9.26. The molecule has 0 saturated carbocycles. The van der Waals surface area contributed by atoms with Gasteiger partial charge in [0.05, 0.1) is 0 Å². The quantitative estimate of drug-likeness (QED) is 0.650. The minimum Gasteiger partial charge on any atom is -0.481 e. The van der Waals surface area contributed by atoms with Crippen LogP contribution in [0.2, 0.25) is 0 Å². The van der Waals surface area contributed by atoms with Crippen LogP contribution >= 0.6 is 0 Å². The van der Waals surface area contributed by atoms with E-state index in [1.807, 2.05) is 6.92 Å². The van der Waals surface area contributed by atoms with E-state index in [9.17, 15) is 4.79 Å². The first kappa shape index (κ1) is 12.9. The van der Waals surface area contributed by atoms with Crippen LogP contribution in [0.4, 0.5) is 0 Å². The Morgan fingerprint density at radius 1 is 1.43 bits per heavy atom. The van der Waals surface area contributed by atoms with Crippen molar-refractivity contribution < 1.29 is 14.7 Å². The van der Waals surface area contributed by atoms with E-state index < -0.39 is 5.97 Å². The van der Waals surface area contributed by atoms with Gasteiger partial charge in [0.1, 0.15) is 0 Å². The summed E-state index contributed by atoms with van der Waals surface area (Å²) in [5.74, 6) is -0.547. The van der Waals surface area contributed by atoms with Crippen LogP contribution in [0.1, 0.15) is 40.5 Å². The van der Waals surface area contributed by atoms with Gasteiger partial charge in [0.25, 0.3) is 5.97 Å². The van der Waals surface area contributed by atoms with Gasteiger partial charge in [-0.25, -0.2) is 0 Å². The van der Waals surface area contributed by atoms with Crippen molar-refractivity contribution >= 4 is 11.8 Å². The van der Waals surface area contributed by atoms with Gasteiger partial charge in [-0.1, -0.05) is 19.4 Å². The maximum Gasteiger partial charge on any atom is 0.300 e. The number of aliphatic carboxylic acids is 1. The number of ketones is 1. The topological polar surface area (TPSA) is 54.4 Å². The molecule has 0 aromatic heterocycles. The fraction of sp³-hybridized carbons (Fsp3) is 0.636. The monoisotopic (exact) mass is 198 g/mol. The molecule has 0 amide bonds. The van der Waals surface area contributed by atoms with Crippen molar-refractivity contribution in [2.75, 3.05) is 0 Å². The number of rotatable bonds is 0. The van der Waals surface area contributed by atoms with Crippen LogP contribution in [0.3, 0.4) is 0 Å². The molecule has 0 aromatic rings. The molecule has 0 aliphatic heterocycles. The van der Waals surface area contributed by atoms with E-state index in [0.29, 0.717) is 6.42 Å². The van der Waals surface area contributed by atoms with E-state index in [2.05, 4.69) is 13.8 Å².